The van der Waals surface area contributed by atoms with Gasteiger partial charge < -0.3 is 11.5 Å². The molecule has 0 fully saturated rings. The normalized spacial score (nSPS) is 10.5. The molecule has 0 bridgehead atoms. The molecule has 0 saturated heterocycles. The topological polar surface area (TPSA) is 95.6 Å². The Bertz CT molecular complexity index is 475. The molecule has 0 aromatic carbocycles. The zero-order valence-corrected chi connectivity index (χ0v) is 8.38. The second-order valence-corrected chi connectivity index (χ2v) is 3.06. The van der Waals surface area contributed by atoms with Gasteiger partial charge in [-0.15, -0.1) is 0 Å². The molecule has 0 aliphatic rings. The van der Waals surface area contributed by atoms with Gasteiger partial charge in [-0.2, -0.15) is 10.1 Å². The molecule has 6 heteroatoms. The third-order valence-corrected chi connectivity index (χ3v) is 2.13. The van der Waals surface area contributed by atoms with Crippen LogP contribution in [0.5, 0.6) is 0 Å². The number of nitrogens with zero attached hydrogens (tertiary/aromatic N) is 4. The van der Waals surface area contributed by atoms with Crippen molar-refractivity contribution < 1.29 is 0 Å². The SMILES string of the molecule is CCn1nccc1-c1cnc(N)nc1N. The van der Waals surface area contributed by atoms with Crippen LogP contribution in [0.2, 0.25) is 0 Å². The van der Waals surface area contributed by atoms with E-state index in [0.717, 1.165) is 17.8 Å². The summed E-state index contributed by atoms with van der Waals surface area (Å²) in [5.74, 6) is 0.552. The maximum Gasteiger partial charge on any atom is 0.221 e. The summed E-state index contributed by atoms with van der Waals surface area (Å²) in [6.45, 7) is 2.77. The third kappa shape index (κ3) is 1.61. The molecule has 78 valence electrons. The minimum Gasteiger partial charge on any atom is -0.383 e. The fourth-order valence-corrected chi connectivity index (χ4v) is 1.42. The first-order valence-corrected chi connectivity index (χ1v) is 4.62. The summed E-state index contributed by atoms with van der Waals surface area (Å²) >= 11 is 0. The van der Waals surface area contributed by atoms with Gasteiger partial charge in [0.2, 0.25) is 5.95 Å². The van der Waals surface area contributed by atoms with Crippen LogP contribution in [0.1, 0.15) is 6.92 Å². The number of rotatable bonds is 2. The summed E-state index contributed by atoms with van der Waals surface area (Å²) in [7, 11) is 0. The van der Waals surface area contributed by atoms with Crippen molar-refractivity contribution in [1.29, 1.82) is 0 Å². The summed E-state index contributed by atoms with van der Waals surface area (Å²) in [4.78, 5) is 7.83. The fraction of sp³-hybridized carbons (Fsp3) is 0.222. The number of hydrogen-bond donors (Lipinski definition) is 2. The van der Waals surface area contributed by atoms with Gasteiger partial charge in [-0.25, -0.2) is 4.98 Å². The van der Waals surface area contributed by atoms with Crippen molar-refractivity contribution in [2.45, 2.75) is 13.5 Å². The van der Waals surface area contributed by atoms with E-state index in [1.54, 1.807) is 12.4 Å². The van der Waals surface area contributed by atoms with Gasteiger partial charge in [-0.1, -0.05) is 0 Å². The predicted molar refractivity (Wildman–Crippen MR) is 57.8 cm³/mol. The Morgan fingerprint density at radius 3 is 2.87 bits per heavy atom. The van der Waals surface area contributed by atoms with Gasteiger partial charge in [-0.3, -0.25) is 4.68 Å². The first-order chi connectivity index (χ1) is 7.22. The molecule has 0 saturated carbocycles. The highest BCUT2D eigenvalue weighted by atomic mass is 15.3. The summed E-state index contributed by atoms with van der Waals surface area (Å²) < 4.78 is 1.82. The Hall–Kier alpha value is -2.11. The Morgan fingerprint density at radius 1 is 1.40 bits per heavy atom. The van der Waals surface area contributed by atoms with Crippen molar-refractivity contribution in [3.8, 4) is 11.3 Å². The van der Waals surface area contributed by atoms with Crippen LogP contribution in [0.4, 0.5) is 11.8 Å². The maximum absolute atomic E-state index is 5.76. The van der Waals surface area contributed by atoms with Crippen LogP contribution < -0.4 is 11.5 Å². The van der Waals surface area contributed by atoms with Gasteiger partial charge in [0.1, 0.15) is 5.82 Å². The lowest BCUT2D eigenvalue weighted by atomic mass is 10.2. The smallest absolute Gasteiger partial charge is 0.221 e. The number of aryl methyl sites for hydroxylation is 1. The Balaban J connectivity index is 2.54. The minimum absolute atomic E-state index is 0.179. The van der Waals surface area contributed by atoms with Crippen molar-refractivity contribution in [3.05, 3.63) is 18.5 Å². The fourth-order valence-electron chi connectivity index (χ4n) is 1.42. The lowest BCUT2D eigenvalue weighted by molar-refractivity contribution is 0.667. The van der Waals surface area contributed by atoms with Gasteiger partial charge in [-0.05, 0) is 13.0 Å². The Labute approximate surface area is 86.9 Å². The molecule has 4 N–H and O–H groups in total. The number of hydrogen-bond acceptors (Lipinski definition) is 5. The molecular weight excluding hydrogens is 192 g/mol. The molecule has 2 aromatic heterocycles. The molecule has 2 aromatic rings. The molecule has 2 rings (SSSR count). The van der Waals surface area contributed by atoms with Crippen LogP contribution in [0.15, 0.2) is 18.5 Å². The molecular formula is C9H12N6. The van der Waals surface area contributed by atoms with Gasteiger partial charge in [0, 0.05) is 18.9 Å². The van der Waals surface area contributed by atoms with E-state index in [1.165, 1.54) is 0 Å². The highest BCUT2D eigenvalue weighted by Crippen LogP contribution is 2.23. The van der Waals surface area contributed by atoms with Gasteiger partial charge >= 0.3 is 0 Å². The Morgan fingerprint density at radius 2 is 2.20 bits per heavy atom. The third-order valence-electron chi connectivity index (χ3n) is 2.13. The molecule has 0 aliphatic heterocycles. The van der Waals surface area contributed by atoms with Crippen molar-refractivity contribution in [2.24, 2.45) is 0 Å². The molecule has 0 amide bonds. The van der Waals surface area contributed by atoms with E-state index in [2.05, 4.69) is 15.1 Å². The molecule has 2 heterocycles. The molecule has 0 spiro atoms. The van der Waals surface area contributed by atoms with E-state index in [-0.39, 0.29) is 5.95 Å². The molecule has 15 heavy (non-hydrogen) atoms. The zero-order valence-electron chi connectivity index (χ0n) is 8.38. The number of anilines is 2. The van der Waals surface area contributed by atoms with E-state index in [9.17, 15) is 0 Å². The highest BCUT2D eigenvalue weighted by Gasteiger charge is 2.09. The van der Waals surface area contributed by atoms with Crippen LogP contribution in [-0.2, 0) is 6.54 Å². The second-order valence-electron chi connectivity index (χ2n) is 3.06. The summed E-state index contributed by atoms with van der Waals surface area (Å²) in [5.41, 5.74) is 12.8. The van der Waals surface area contributed by atoms with Crippen molar-refractivity contribution in [1.82, 2.24) is 19.7 Å². The first-order valence-electron chi connectivity index (χ1n) is 4.62. The molecule has 6 nitrogen and oxygen atoms in total. The highest BCUT2D eigenvalue weighted by molar-refractivity contribution is 5.70. The number of nitrogen functional groups attached to an aromatic ring is 2. The summed E-state index contributed by atoms with van der Waals surface area (Å²) in [5, 5.41) is 4.15. The van der Waals surface area contributed by atoms with Crippen LogP contribution >= 0.6 is 0 Å². The largest absolute Gasteiger partial charge is 0.383 e. The standard InChI is InChI=1S/C9H12N6/c1-2-15-7(3-4-13-15)6-5-12-9(11)14-8(6)10/h3-5H,2H2,1H3,(H4,10,11,12,14). The van der Waals surface area contributed by atoms with E-state index in [4.69, 9.17) is 11.5 Å². The lowest BCUT2D eigenvalue weighted by Crippen LogP contribution is -2.04. The number of aromatic nitrogens is 4. The molecule has 0 aliphatic carbocycles. The van der Waals surface area contributed by atoms with E-state index in [1.807, 2.05) is 17.7 Å². The monoisotopic (exact) mass is 204 g/mol. The van der Waals surface area contributed by atoms with Crippen molar-refractivity contribution >= 4 is 11.8 Å². The van der Waals surface area contributed by atoms with Crippen LogP contribution in [0.25, 0.3) is 11.3 Å². The summed E-state index contributed by atoms with van der Waals surface area (Å²) in [6.07, 6.45) is 3.33. The minimum atomic E-state index is 0.179. The van der Waals surface area contributed by atoms with Crippen molar-refractivity contribution in [2.75, 3.05) is 11.5 Å². The first kappa shape index (κ1) is 9.45. The van der Waals surface area contributed by atoms with Crippen LogP contribution in [0, 0.1) is 0 Å². The molecule has 0 radical (unpaired) electrons. The molecule has 0 unspecified atom stereocenters. The van der Waals surface area contributed by atoms with Gasteiger partial charge in [0.25, 0.3) is 0 Å². The maximum atomic E-state index is 5.76. The summed E-state index contributed by atoms with van der Waals surface area (Å²) in [6, 6.07) is 1.87. The Kier molecular flexibility index (Phi) is 2.24. The van der Waals surface area contributed by atoms with Crippen LogP contribution in [0.3, 0.4) is 0 Å². The van der Waals surface area contributed by atoms with Gasteiger partial charge in [0.15, 0.2) is 0 Å². The second kappa shape index (κ2) is 3.56. The molecule has 0 atom stereocenters. The number of nitrogens with two attached hydrogens (primary N) is 2. The zero-order chi connectivity index (χ0) is 10.8. The van der Waals surface area contributed by atoms with Crippen molar-refractivity contribution in [3.63, 3.8) is 0 Å². The predicted octanol–water partition coefficient (Wildman–Crippen LogP) is 0.524. The quantitative estimate of drug-likeness (QED) is 0.743. The van der Waals surface area contributed by atoms with E-state index < -0.39 is 0 Å². The van der Waals surface area contributed by atoms with E-state index >= 15 is 0 Å². The average molecular weight is 204 g/mol. The van der Waals surface area contributed by atoms with Crippen LogP contribution in [-0.4, -0.2) is 19.7 Å². The average Bonchev–Trinajstić information content (AvgIpc) is 2.65. The van der Waals surface area contributed by atoms with E-state index in [0.29, 0.717) is 5.82 Å². The lowest BCUT2D eigenvalue weighted by Gasteiger charge is -2.06. The van der Waals surface area contributed by atoms with Gasteiger partial charge in [0.05, 0.1) is 11.3 Å².